The summed E-state index contributed by atoms with van der Waals surface area (Å²) >= 11 is 5.78. The minimum atomic E-state index is -1.32. The summed E-state index contributed by atoms with van der Waals surface area (Å²) in [6, 6.07) is 6.48. The Kier molecular flexibility index (Phi) is 7.05. The van der Waals surface area contributed by atoms with Crippen molar-refractivity contribution in [3.05, 3.63) is 34.9 Å². The summed E-state index contributed by atoms with van der Waals surface area (Å²) in [5, 5.41) is 3.25. The summed E-state index contributed by atoms with van der Waals surface area (Å²) in [4.78, 5) is 23.3. The summed E-state index contributed by atoms with van der Waals surface area (Å²) in [6.45, 7) is 5.16. The molecule has 21 heavy (non-hydrogen) atoms. The molecule has 4 nitrogen and oxygen atoms in total. The second-order valence-corrected chi connectivity index (χ2v) is 7.15. The van der Waals surface area contributed by atoms with Crippen LogP contribution in [0.2, 0.25) is 5.02 Å². The van der Waals surface area contributed by atoms with Crippen molar-refractivity contribution in [2.45, 2.75) is 32.6 Å². The third kappa shape index (κ3) is 6.40. The van der Waals surface area contributed by atoms with Gasteiger partial charge in [0.15, 0.2) is 5.78 Å². The van der Waals surface area contributed by atoms with Gasteiger partial charge in [-0.05, 0) is 30.5 Å². The van der Waals surface area contributed by atoms with Crippen LogP contribution in [0.1, 0.15) is 26.3 Å². The summed E-state index contributed by atoms with van der Waals surface area (Å²) < 4.78 is 12.0. The molecule has 0 aliphatic carbocycles. The maximum Gasteiger partial charge on any atom is 0.233 e. The highest BCUT2D eigenvalue weighted by molar-refractivity contribution is 7.84. The largest absolute Gasteiger partial charge is 0.345 e. The van der Waals surface area contributed by atoms with Crippen molar-refractivity contribution < 1.29 is 13.8 Å². The first kappa shape index (κ1) is 17.9. The predicted molar refractivity (Wildman–Crippen MR) is 85.6 cm³/mol. The zero-order valence-electron chi connectivity index (χ0n) is 12.4. The van der Waals surface area contributed by atoms with Crippen LogP contribution >= 0.6 is 11.6 Å². The molecule has 2 atom stereocenters. The standard InChI is InChI=1S/C15H20ClNO3S/c1-10(2)15(11(3)18)17-14(19)9-21(20)8-12-4-6-13(16)7-5-12/h4-7,10,15H,8-9H2,1-3H3,(H,17,19). The van der Waals surface area contributed by atoms with Gasteiger partial charge < -0.3 is 5.32 Å². The molecule has 1 N–H and O–H groups in total. The van der Waals surface area contributed by atoms with Crippen molar-refractivity contribution in [1.29, 1.82) is 0 Å². The lowest BCUT2D eigenvalue weighted by atomic mass is 10.0. The number of amides is 1. The van der Waals surface area contributed by atoms with Crippen molar-refractivity contribution in [1.82, 2.24) is 5.32 Å². The van der Waals surface area contributed by atoms with Crippen LogP contribution in [0.4, 0.5) is 0 Å². The molecule has 0 fully saturated rings. The van der Waals surface area contributed by atoms with E-state index in [1.807, 2.05) is 13.8 Å². The lowest BCUT2D eigenvalue weighted by Crippen LogP contribution is -2.45. The topological polar surface area (TPSA) is 63.2 Å². The zero-order valence-corrected chi connectivity index (χ0v) is 14.0. The van der Waals surface area contributed by atoms with Gasteiger partial charge in [-0.15, -0.1) is 0 Å². The quantitative estimate of drug-likeness (QED) is 0.835. The number of benzene rings is 1. The first-order chi connectivity index (χ1) is 9.79. The highest BCUT2D eigenvalue weighted by atomic mass is 35.5. The molecule has 116 valence electrons. The average Bonchev–Trinajstić information content (AvgIpc) is 2.38. The normalized spacial score (nSPS) is 13.8. The highest BCUT2D eigenvalue weighted by Gasteiger charge is 2.21. The van der Waals surface area contributed by atoms with Gasteiger partial charge in [-0.2, -0.15) is 0 Å². The van der Waals surface area contributed by atoms with Gasteiger partial charge in [-0.1, -0.05) is 37.6 Å². The zero-order chi connectivity index (χ0) is 16.0. The molecule has 0 aliphatic heterocycles. The smallest absolute Gasteiger partial charge is 0.233 e. The fraction of sp³-hybridized carbons (Fsp3) is 0.467. The Morgan fingerprint density at radius 3 is 2.29 bits per heavy atom. The summed E-state index contributed by atoms with van der Waals surface area (Å²) in [6.07, 6.45) is 0. The van der Waals surface area contributed by atoms with E-state index in [-0.39, 0.29) is 29.1 Å². The van der Waals surface area contributed by atoms with Gasteiger partial charge in [0.25, 0.3) is 0 Å². The number of carbonyl (C=O) groups excluding carboxylic acids is 2. The first-order valence-electron chi connectivity index (χ1n) is 6.69. The van der Waals surface area contributed by atoms with Gasteiger partial charge in [0.05, 0.1) is 6.04 Å². The minimum Gasteiger partial charge on any atom is -0.345 e. The van der Waals surface area contributed by atoms with Gasteiger partial charge >= 0.3 is 0 Å². The monoisotopic (exact) mass is 329 g/mol. The van der Waals surface area contributed by atoms with Crippen LogP contribution in [0.25, 0.3) is 0 Å². The number of Topliss-reactive ketones (excluding diaryl/α,β-unsaturated/α-hetero) is 1. The first-order valence-corrected chi connectivity index (χ1v) is 8.55. The SMILES string of the molecule is CC(=O)C(NC(=O)CS(=O)Cc1ccc(Cl)cc1)C(C)C. The second-order valence-electron chi connectivity index (χ2n) is 5.25. The number of ketones is 1. The molecule has 0 bridgehead atoms. The molecular formula is C15H20ClNO3S. The Balaban J connectivity index is 2.52. The number of hydrogen-bond donors (Lipinski definition) is 1. The molecule has 0 radical (unpaired) electrons. The number of nitrogens with one attached hydrogen (secondary N) is 1. The van der Waals surface area contributed by atoms with Crippen LogP contribution in [0, 0.1) is 5.92 Å². The van der Waals surface area contributed by atoms with E-state index in [1.165, 1.54) is 6.92 Å². The molecule has 0 heterocycles. The van der Waals surface area contributed by atoms with Crippen molar-refractivity contribution in [3.63, 3.8) is 0 Å². The fourth-order valence-electron chi connectivity index (χ4n) is 1.92. The molecule has 0 spiro atoms. The van der Waals surface area contributed by atoms with Gasteiger partial charge in [0.2, 0.25) is 5.91 Å². The summed E-state index contributed by atoms with van der Waals surface area (Å²) in [5.74, 6) is -0.273. The van der Waals surface area contributed by atoms with E-state index in [4.69, 9.17) is 11.6 Å². The fourth-order valence-corrected chi connectivity index (χ4v) is 3.08. The maximum absolute atomic E-state index is 12.0. The Morgan fingerprint density at radius 1 is 1.24 bits per heavy atom. The highest BCUT2D eigenvalue weighted by Crippen LogP contribution is 2.11. The van der Waals surface area contributed by atoms with E-state index >= 15 is 0 Å². The van der Waals surface area contributed by atoms with E-state index in [0.717, 1.165) is 5.56 Å². The Labute approximate surface area is 132 Å². The summed E-state index contributed by atoms with van der Waals surface area (Å²) in [7, 11) is -1.32. The van der Waals surface area contributed by atoms with Gasteiger partial charge in [0, 0.05) is 21.6 Å². The Bertz CT molecular complexity index is 528. The molecule has 6 heteroatoms. The number of rotatable bonds is 7. The molecule has 1 rings (SSSR count). The lowest BCUT2D eigenvalue weighted by Gasteiger charge is -2.19. The van der Waals surface area contributed by atoms with E-state index < -0.39 is 16.8 Å². The molecule has 0 saturated heterocycles. The van der Waals surface area contributed by atoms with Crippen LogP contribution in [-0.4, -0.2) is 27.7 Å². The molecule has 0 aliphatic rings. The predicted octanol–water partition coefficient (Wildman–Crippen LogP) is 2.32. The third-order valence-corrected chi connectivity index (χ3v) is 4.45. The number of hydrogen-bond acceptors (Lipinski definition) is 3. The van der Waals surface area contributed by atoms with Crippen LogP contribution in [0.15, 0.2) is 24.3 Å². The van der Waals surface area contributed by atoms with Gasteiger partial charge in [0.1, 0.15) is 5.75 Å². The average molecular weight is 330 g/mol. The van der Waals surface area contributed by atoms with Crippen LogP contribution in [0.3, 0.4) is 0 Å². The van der Waals surface area contributed by atoms with E-state index in [9.17, 15) is 13.8 Å². The third-order valence-electron chi connectivity index (χ3n) is 2.95. The molecule has 1 aromatic carbocycles. The lowest BCUT2D eigenvalue weighted by molar-refractivity contribution is -0.126. The van der Waals surface area contributed by atoms with E-state index in [0.29, 0.717) is 5.02 Å². The minimum absolute atomic E-state index is 0.0103. The molecule has 2 unspecified atom stereocenters. The van der Waals surface area contributed by atoms with Gasteiger partial charge in [-0.25, -0.2) is 0 Å². The van der Waals surface area contributed by atoms with Crippen molar-refractivity contribution in [2.75, 3.05) is 5.75 Å². The van der Waals surface area contributed by atoms with E-state index in [2.05, 4.69) is 5.32 Å². The van der Waals surface area contributed by atoms with Crippen LogP contribution in [-0.2, 0) is 26.1 Å². The van der Waals surface area contributed by atoms with Gasteiger partial charge in [-0.3, -0.25) is 13.8 Å². The maximum atomic E-state index is 12.0. The molecule has 0 saturated carbocycles. The Hall–Kier alpha value is -1.20. The van der Waals surface area contributed by atoms with E-state index in [1.54, 1.807) is 24.3 Å². The van der Waals surface area contributed by atoms with Crippen LogP contribution < -0.4 is 5.32 Å². The second kappa shape index (κ2) is 8.29. The van der Waals surface area contributed by atoms with Crippen LogP contribution in [0.5, 0.6) is 0 Å². The molecule has 1 aromatic rings. The molecule has 1 amide bonds. The summed E-state index contributed by atoms with van der Waals surface area (Å²) in [5.41, 5.74) is 0.859. The van der Waals surface area contributed by atoms with Crippen molar-refractivity contribution >= 4 is 34.1 Å². The van der Waals surface area contributed by atoms with Crippen molar-refractivity contribution in [2.24, 2.45) is 5.92 Å². The van der Waals surface area contributed by atoms with Crippen molar-refractivity contribution in [3.8, 4) is 0 Å². The molecule has 0 aromatic heterocycles. The number of carbonyl (C=O) groups is 2. The Morgan fingerprint density at radius 2 is 1.81 bits per heavy atom. The molecular weight excluding hydrogens is 310 g/mol. The number of halogens is 1.